The van der Waals surface area contributed by atoms with E-state index in [-0.39, 0.29) is 0 Å². The first-order chi connectivity index (χ1) is 4.77. The lowest BCUT2D eigenvalue weighted by Gasteiger charge is -2.33. The average Bonchev–Trinajstić information content (AvgIpc) is 2.20. The van der Waals surface area contributed by atoms with Crippen LogP contribution >= 0.6 is 15.9 Å². The van der Waals surface area contributed by atoms with Crippen LogP contribution < -0.4 is 0 Å². The van der Waals surface area contributed by atoms with Crippen LogP contribution in [0, 0.1) is 0 Å². The summed E-state index contributed by atoms with van der Waals surface area (Å²) in [4.78, 5) is 3.37. The highest BCUT2D eigenvalue weighted by molar-refractivity contribution is 9.09. The molecule has 2 atom stereocenters. The highest BCUT2D eigenvalue weighted by Crippen LogP contribution is 2.36. The van der Waals surface area contributed by atoms with Crippen molar-refractivity contribution in [1.29, 1.82) is 0 Å². The van der Waals surface area contributed by atoms with E-state index in [1.54, 1.807) is 0 Å². The third-order valence-corrected chi connectivity index (χ3v) is 3.79. The van der Waals surface area contributed by atoms with Crippen molar-refractivity contribution in [3.8, 4) is 0 Å². The minimum absolute atomic E-state index is 0.807. The van der Waals surface area contributed by atoms with Gasteiger partial charge in [-0.25, -0.2) is 0 Å². The van der Waals surface area contributed by atoms with Crippen LogP contribution in [0.4, 0.5) is 0 Å². The van der Waals surface area contributed by atoms with Crippen LogP contribution in [-0.2, 0) is 0 Å². The van der Waals surface area contributed by atoms with Crippen LogP contribution in [0.15, 0.2) is 0 Å². The average molecular weight is 204 g/mol. The van der Waals surface area contributed by atoms with Crippen LogP contribution in [0.2, 0.25) is 0 Å². The van der Waals surface area contributed by atoms with Gasteiger partial charge in [0.05, 0.1) is 0 Å². The van der Waals surface area contributed by atoms with E-state index in [0.717, 1.165) is 16.9 Å². The van der Waals surface area contributed by atoms with Crippen molar-refractivity contribution in [1.82, 2.24) is 4.90 Å². The predicted octanol–water partition coefficient (Wildman–Crippen LogP) is 2.01. The fourth-order valence-corrected chi connectivity index (χ4v) is 3.21. The fourth-order valence-electron chi connectivity index (χ4n) is 2.35. The lowest BCUT2D eigenvalue weighted by molar-refractivity contribution is 0.184. The SMILES string of the molecule is CN1C2CCC1CC(Br)C2. The van der Waals surface area contributed by atoms with Gasteiger partial charge in [0.15, 0.2) is 0 Å². The molecule has 0 aliphatic carbocycles. The maximum absolute atomic E-state index is 3.71. The van der Waals surface area contributed by atoms with E-state index in [1.165, 1.54) is 25.7 Å². The summed E-state index contributed by atoms with van der Waals surface area (Å²) in [7, 11) is 2.28. The maximum Gasteiger partial charge on any atom is 0.0175 e. The monoisotopic (exact) mass is 203 g/mol. The zero-order chi connectivity index (χ0) is 7.14. The summed E-state index contributed by atoms with van der Waals surface area (Å²) in [6.45, 7) is 0. The summed E-state index contributed by atoms with van der Waals surface area (Å²) in [5.41, 5.74) is 0. The molecule has 0 aromatic heterocycles. The maximum atomic E-state index is 3.71. The van der Waals surface area contributed by atoms with Gasteiger partial charge in [-0.3, -0.25) is 0 Å². The van der Waals surface area contributed by atoms with Gasteiger partial charge in [-0.15, -0.1) is 0 Å². The Kier molecular flexibility index (Phi) is 1.77. The van der Waals surface area contributed by atoms with E-state index >= 15 is 0 Å². The van der Waals surface area contributed by atoms with E-state index in [1.807, 2.05) is 0 Å². The van der Waals surface area contributed by atoms with Gasteiger partial charge < -0.3 is 4.90 Å². The molecule has 0 spiro atoms. The smallest absolute Gasteiger partial charge is 0.0175 e. The molecule has 0 amide bonds. The van der Waals surface area contributed by atoms with E-state index < -0.39 is 0 Å². The first-order valence-corrected chi connectivity index (χ1v) is 5.05. The van der Waals surface area contributed by atoms with Gasteiger partial charge in [0.1, 0.15) is 0 Å². The summed E-state index contributed by atoms with van der Waals surface area (Å²) in [6, 6.07) is 1.78. The largest absolute Gasteiger partial charge is 0.300 e. The zero-order valence-corrected chi connectivity index (χ0v) is 7.97. The number of fused-ring (bicyclic) bond motifs is 2. The molecule has 2 heteroatoms. The highest BCUT2D eigenvalue weighted by atomic mass is 79.9. The Morgan fingerprint density at radius 1 is 1.20 bits per heavy atom. The van der Waals surface area contributed by atoms with Gasteiger partial charge in [-0.2, -0.15) is 0 Å². The van der Waals surface area contributed by atoms with Crippen LogP contribution in [0.25, 0.3) is 0 Å². The molecule has 1 nitrogen and oxygen atoms in total. The molecular formula is C8H14BrN. The zero-order valence-electron chi connectivity index (χ0n) is 6.39. The number of halogens is 1. The molecule has 2 heterocycles. The van der Waals surface area contributed by atoms with Gasteiger partial charge in [0, 0.05) is 16.9 Å². The lowest BCUT2D eigenvalue weighted by atomic mass is 10.0. The topological polar surface area (TPSA) is 3.24 Å². The van der Waals surface area contributed by atoms with Gasteiger partial charge in [-0.05, 0) is 32.7 Å². The highest BCUT2D eigenvalue weighted by Gasteiger charge is 2.37. The lowest BCUT2D eigenvalue weighted by Crippen LogP contribution is -2.40. The Bertz CT molecular complexity index is 123. The molecule has 0 radical (unpaired) electrons. The molecule has 2 aliphatic rings. The molecule has 10 heavy (non-hydrogen) atoms. The minimum Gasteiger partial charge on any atom is -0.300 e. The van der Waals surface area contributed by atoms with Crippen molar-refractivity contribution in [3.05, 3.63) is 0 Å². The molecule has 2 fully saturated rings. The van der Waals surface area contributed by atoms with E-state index in [9.17, 15) is 0 Å². The number of piperidine rings is 1. The Hall–Kier alpha value is 0.440. The number of alkyl halides is 1. The summed E-state index contributed by atoms with van der Waals surface area (Å²) in [5, 5.41) is 0. The minimum atomic E-state index is 0.807. The fraction of sp³-hybridized carbons (Fsp3) is 1.00. The Morgan fingerprint density at radius 3 is 2.20 bits per heavy atom. The van der Waals surface area contributed by atoms with E-state index in [4.69, 9.17) is 0 Å². The van der Waals surface area contributed by atoms with E-state index in [2.05, 4.69) is 27.9 Å². The van der Waals surface area contributed by atoms with Crippen molar-refractivity contribution >= 4 is 15.9 Å². The van der Waals surface area contributed by atoms with Crippen molar-refractivity contribution < 1.29 is 0 Å². The van der Waals surface area contributed by atoms with Crippen LogP contribution in [-0.4, -0.2) is 28.9 Å². The van der Waals surface area contributed by atoms with Crippen molar-refractivity contribution in [3.63, 3.8) is 0 Å². The molecule has 58 valence electrons. The molecule has 2 unspecified atom stereocenters. The first-order valence-electron chi connectivity index (χ1n) is 4.13. The van der Waals surface area contributed by atoms with Crippen molar-refractivity contribution in [2.75, 3.05) is 7.05 Å². The van der Waals surface area contributed by atoms with Gasteiger partial charge >= 0.3 is 0 Å². The molecule has 2 aliphatic heterocycles. The summed E-state index contributed by atoms with van der Waals surface area (Å²) < 4.78 is 0. The van der Waals surface area contributed by atoms with Crippen molar-refractivity contribution in [2.24, 2.45) is 0 Å². The standard InChI is InChI=1S/C8H14BrN/c1-10-7-2-3-8(10)5-6(9)4-7/h6-8H,2-5H2,1H3. The molecule has 0 N–H and O–H groups in total. The molecular weight excluding hydrogens is 190 g/mol. The number of nitrogens with zero attached hydrogens (tertiary/aromatic N) is 1. The number of hydrogen-bond donors (Lipinski definition) is 0. The van der Waals surface area contributed by atoms with Crippen LogP contribution in [0.1, 0.15) is 25.7 Å². The Balaban J connectivity index is 2.09. The summed E-state index contributed by atoms with van der Waals surface area (Å²) >= 11 is 3.71. The third kappa shape index (κ3) is 1.02. The first kappa shape index (κ1) is 7.11. The number of hydrogen-bond acceptors (Lipinski definition) is 1. The summed E-state index contributed by atoms with van der Waals surface area (Å²) in [5.74, 6) is 0. The second kappa shape index (κ2) is 2.49. The Morgan fingerprint density at radius 2 is 1.70 bits per heavy atom. The predicted molar refractivity (Wildman–Crippen MR) is 46.5 cm³/mol. The number of rotatable bonds is 0. The second-order valence-corrected chi connectivity index (χ2v) is 4.91. The van der Waals surface area contributed by atoms with Crippen molar-refractivity contribution in [2.45, 2.75) is 42.6 Å². The van der Waals surface area contributed by atoms with Gasteiger partial charge in [0.25, 0.3) is 0 Å². The Labute approximate surface area is 70.9 Å². The molecule has 2 saturated heterocycles. The molecule has 0 aromatic carbocycles. The van der Waals surface area contributed by atoms with Crippen LogP contribution in [0.5, 0.6) is 0 Å². The molecule has 0 aromatic rings. The molecule has 2 rings (SSSR count). The third-order valence-electron chi connectivity index (χ3n) is 3.04. The molecule has 2 bridgehead atoms. The second-order valence-electron chi connectivity index (χ2n) is 3.62. The van der Waals surface area contributed by atoms with Crippen LogP contribution in [0.3, 0.4) is 0 Å². The van der Waals surface area contributed by atoms with Gasteiger partial charge in [-0.1, -0.05) is 15.9 Å². The van der Waals surface area contributed by atoms with Gasteiger partial charge in [0.2, 0.25) is 0 Å². The van der Waals surface area contributed by atoms with E-state index in [0.29, 0.717) is 0 Å². The quantitative estimate of drug-likeness (QED) is 0.545. The molecule has 0 saturated carbocycles. The normalized spacial score (nSPS) is 48.0. The summed E-state index contributed by atoms with van der Waals surface area (Å²) in [6.07, 6.45) is 5.60.